The van der Waals surface area contributed by atoms with Gasteiger partial charge in [-0.25, -0.2) is 4.98 Å². The first-order valence-corrected chi connectivity index (χ1v) is 18.0. The Labute approximate surface area is 312 Å². The number of imide groups is 2. The minimum Gasteiger partial charge on any atom is -0.489 e. The molecule has 4 heterocycles. The van der Waals surface area contributed by atoms with E-state index in [9.17, 15) is 29.2 Å². The third-order valence-electron chi connectivity index (χ3n) is 11.2. The molecule has 3 aliphatic heterocycles. The van der Waals surface area contributed by atoms with Crippen LogP contribution in [-0.4, -0.2) is 93.6 Å². The molecule has 1 saturated carbocycles. The normalized spacial score (nSPS) is 23.8. The molecule has 3 fully saturated rings. The summed E-state index contributed by atoms with van der Waals surface area (Å²) in [7, 11) is 0. The molecule has 1 unspecified atom stereocenters. The molecule has 2 N–H and O–H groups in total. The van der Waals surface area contributed by atoms with E-state index >= 15 is 0 Å². The topological polar surface area (TPSA) is 170 Å². The third-order valence-corrected chi connectivity index (χ3v) is 11.5. The van der Waals surface area contributed by atoms with E-state index in [2.05, 4.69) is 14.8 Å². The molecule has 5 amide bonds. The molecule has 274 valence electrons. The lowest BCUT2D eigenvalue weighted by Crippen LogP contribution is -2.77. The van der Waals surface area contributed by atoms with Crippen molar-refractivity contribution in [2.24, 2.45) is 16.6 Å². The number of anilines is 1. The number of nitrogens with two attached hydrogens (primary N) is 1. The Bertz CT molecular complexity index is 2070. The molecule has 4 aliphatic rings. The lowest BCUT2D eigenvalue weighted by atomic mass is 9.48. The number of piperazine rings is 1. The molecule has 2 aromatic carbocycles. The van der Waals surface area contributed by atoms with Crippen LogP contribution in [0.4, 0.5) is 5.82 Å². The second-order valence-corrected chi connectivity index (χ2v) is 15.8. The van der Waals surface area contributed by atoms with Gasteiger partial charge in [0.1, 0.15) is 29.8 Å². The van der Waals surface area contributed by atoms with Crippen LogP contribution in [-0.2, 0) is 16.1 Å². The van der Waals surface area contributed by atoms with E-state index in [0.717, 1.165) is 29.4 Å². The molecule has 2 saturated heterocycles. The average Bonchev–Trinajstić information content (AvgIpc) is 3.37. The average molecular weight is 738 g/mol. The van der Waals surface area contributed by atoms with Crippen molar-refractivity contribution in [3.05, 3.63) is 87.6 Å². The molecule has 1 atom stereocenters. The number of nitriles is 1. The van der Waals surface area contributed by atoms with Crippen molar-refractivity contribution in [3.8, 4) is 11.8 Å². The zero-order valence-corrected chi connectivity index (χ0v) is 30.7. The van der Waals surface area contributed by atoms with Gasteiger partial charge in [-0.3, -0.25) is 38.7 Å². The molecule has 14 heteroatoms. The van der Waals surface area contributed by atoms with E-state index in [1.165, 1.54) is 11.1 Å². The van der Waals surface area contributed by atoms with Crippen molar-refractivity contribution in [2.45, 2.75) is 65.3 Å². The highest BCUT2D eigenvalue weighted by atomic mass is 35.5. The van der Waals surface area contributed by atoms with Gasteiger partial charge in [0, 0.05) is 62.2 Å². The van der Waals surface area contributed by atoms with Gasteiger partial charge in [-0.05, 0) is 48.4 Å². The van der Waals surface area contributed by atoms with Crippen LogP contribution in [0.15, 0.2) is 54.7 Å². The second kappa shape index (κ2) is 13.3. The highest BCUT2D eigenvalue weighted by molar-refractivity contribution is 6.31. The largest absolute Gasteiger partial charge is 0.489 e. The number of aromatic nitrogens is 1. The van der Waals surface area contributed by atoms with Gasteiger partial charge in [0.15, 0.2) is 0 Å². The molecule has 1 aromatic heterocycles. The first-order valence-electron chi connectivity index (χ1n) is 17.6. The lowest BCUT2D eigenvalue weighted by Gasteiger charge is -2.65. The van der Waals surface area contributed by atoms with Crippen LogP contribution < -0.4 is 15.4 Å². The van der Waals surface area contributed by atoms with Gasteiger partial charge in [-0.1, -0.05) is 45.4 Å². The number of hydrogen-bond donors (Lipinski definition) is 1. The highest BCUT2D eigenvalue weighted by Gasteiger charge is 2.68. The fraction of sp³-hybridized carbons (Fsp3) is 0.410. The summed E-state index contributed by atoms with van der Waals surface area (Å²) in [5.74, 6) is -1.30. The fourth-order valence-corrected chi connectivity index (χ4v) is 9.18. The number of nitrogens with zero attached hydrogens (tertiary/aromatic N) is 6. The van der Waals surface area contributed by atoms with Gasteiger partial charge in [-0.2, -0.15) is 5.26 Å². The van der Waals surface area contributed by atoms with Gasteiger partial charge in [-0.15, -0.1) is 0 Å². The summed E-state index contributed by atoms with van der Waals surface area (Å²) in [6, 6.07) is 13.8. The molecule has 0 spiro atoms. The molecule has 3 aromatic rings. The van der Waals surface area contributed by atoms with Gasteiger partial charge in [0.05, 0.1) is 33.3 Å². The molecule has 0 radical (unpaired) electrons. The number of carbonyl (C=O) groups excluding carboxylic acids is 5. The van der Waals surface area contributed by atoms with Gasteiger partial charge < -0.3 is 15.4 Å². The maximum Gasteiger partial charge on any atom is 0.262 e. The fourth-order valence-electron chi connectivity index (χ4n) is 8.97. The Hall–Kier alpha value is -5.32. The predicted molar refractivity (Wildman–Crippen MR) is 194 cm³/mol. The number of primary amides is 1. The Morgan fingerprint density at radius 2 is 1.64 bits per heavy atom. The van der Waals surface area contributed by atoms with E-state index in [1.807, 2.05) is 39.8 Å². The summed E-state index contributed by atoms with van der Waals surface area (Å²) in [5.41, 5.74) is 5.96. The van der Waals surface area contributed by atoms with Crippen molar-refractivity contribution in [1.29, 1.82) is 5.26 Å². The summed E-state index contributed by atoms with van der Waals surface area (Å²) in [5, 5.41) is 9.51. The number of benzene rings is 2. The summed E-state index contributed by atoms with van der Waals surface area (Å²) < 4.78 is 6.37. The van der Waals surface area contributed by atoms with Crippen LogP contribution in [0, 0.1) is 22.2 Å². The quantitative estimate of drug-likeness (QED) is 0.333. The smallest absolute Gasteiger partial charge is 0.262 e. The maximum atomic E-state index is 14.3. The Morgan fingerprint density at radius 1 is 0.943 bits per heavy atom. The van der Waals surface area contributed by atoms with E-state index in [4.69, 9.17) is 22.1 Å². The standard InChI is InChI=1S/C39H40ClN7O6/c1-38(2)36(39(3,4)37(38)53-25-8-6-23(19-41)28(40)18-25)47-31(48)12-10-29(35(47)52)46-33(50)26-9-5-22(17-27(26)34(46)51)21-44-13-15-45(16-14-44)30-11-7-24(20-43-30)32(42)49/h5-9,11,17-18,20,29,36-37H,10,12-16,21H2,1-4H3,(H2,42,49). The van der Waals surface area contributed by atoms with Gasteiger partial charge in [0.25, 0.3) is 17.7 Å². The van der Waals surface area contributed by atoms with Crippen LogP contribution >= 0.6 is 11.6 Å². The highest BCUT2D eigenvalue weighted by Crippen LogP contribution is 2.58. The van der Waals surface area contributed by atoms with Crippen molar-refractivity contribution in [3.63, 3.8) is 0 Å². The zero-order chi connectivity index (χ0) is 38.0. The summed E-state index contributed by atoms with van der Waals surface area (Å²) in [6.45, 7) is 11.1. The molecule has 53 heavy (non-hydrogen) atoms. The number of halogens is 1. The van der Waals surface area contributed by atoms with Crippen molar-refractivity contribution >= 4 is 47.0 Å². The second-order valence-electron chi connectivity index (χ2n) is 15.3. The zero-order valence-electron chi connectivity index (χ0n) is 30.0. The minimum absolute atomic E-state index is 0.00522. The van der Waals surface area contributed by atoms with E-state index in [-0.39, 0.29) is 34.9 Å². The Balaban J connectivity index is 1.03. The number of likely N-dealkylation sites (tertiary alicyclic amines) is 1. The van der Waals surface area contributed by atoms with Crippen molar-refractivity contribution in [1.82, 2.24) is 19.7 Å². The Kier molecular flexibility index (Phi) is 9.03. The van der Waals surface area contributed by atoms with Crippen LogP contribution in [0.25, 0.3) is 0 Å². The van der Waals surface area contributed by atoms with Crippen molar-refractivity contribution < 1.29 is 28.7 Å². The van der Waals surface area contributed by atoms with Crippen LogP contribution in [0.1, 0.15) is 82.7 Å². The SMILES string of the molecule is CC1(C)C(Oc2ccc(C#N)c(Cl)c2)C(C)(C)C1N1C(=O)CCC(N2C(=O)c3ccc(CN4CCN(c5ccc(C(N)=O)cn5)CC4)cc3C2=O)C1=O. The lowest BCUT2D eigenvalue weighted by molar-refractivity contribution is -0.216. The number of ether oxygens (including phenoxy) is 1. The number of fused-ring (bicyclic) bond motifs is 1. The molecule has 13 nitrogen and oxygen atoms in total. The number of amides is 5. The molecule has 0 bridgehead atoms. The Morgan fingerprint density at radius 3 is 2.26 bits per heavy atom. The number of rotatable bonds is 8. The maximum absolute atomic E-state index is 14.3. The molecular formula is C39H40ClN7O6. The predicted octanol–water partition coefficient (Wildman–Crippen LogP) is 4.02. The number of hydrogen-bond acceptors (Lipinski definition) is 10. The monoisotopic (exact) mass is 737 g/mol. The van der Waals surface area contributed by atoms with Crippen molar-refractivity contribution in [2.75, 3.05) is 31.1 Å². The van der Waals surface area contributed by atoms with E-state index in [0.29, 0.717) is 36.5 Å². The van der Waals surface area contributed by atoms with E-state index in [1.54, 1.807) is 42.5 Å². The summed E-state index contributed by atoms with van der Waals surface area (Å²) in [6.07, 6.45) is 1.10. The minimum atomic E-state index is -1.12. The first-order chi connectivity index (χ1) is 25.1. The summed E-state index contributed by atoms with van der Waals surface area (Å²) in [4.78, 5) is 77.9. The van der Waals surface area contributed by atoms with Crippen LogP contribution in [0.5, 0.6) is 5.75 Å². The third kappa shape index (κ3) is 6.09. The van der Waals surface area contributed by atoms with Gasteiger partial charge in [0.2, 0.25) is 11.8 Å². The van der Waals surface area contributed by atoms with Gasteiger partial charge >= 0.3 is 0 Å². The van der Waals surface area contributed by atoms with Crippen LogP contribution in [0.3, 0.4) is 0 Å². The molecule has 7 rings (SSSR count). The molecule has 1 aliphatic carbocycles. The van der Waals surface area contributed by atoms with Crippen LogP contribution in [0.2, 0.25) is 5.02 Å². The number of piperidine rings is 1. The molecular weight excluding hydrogens is 698 g/mol. The summed E-state index contributed by atoms with van der Waals surface area (Å²) >= 11 is 6.25. The number of carbonyl (C=O) groups is 5. The van der Waals surface area contributed by atoms with E-state index < -0.39 is 52.6 Å². The number of pyridine rings is 1. The first kappa shape index (κ1) is 36.1.